The molecule has 0 spiro atoms. The Labute approximate surface area is 180 Å². The Morgan fingerprint density at radius 2 is 1.84 bits per heavy atom. The van der Waals surface area contributed by atoms with Crippen molar-refractivity contribution in [3.8, 4) is 11.4 Å². The van der Waals surface area contributed by atoms with Crippen LogP contribution in [0.1, 0.15) is 24.2 Å². The van der Waals surface area contributed by atoms with Crippen LogP contribution < -0.4 is 16.0 Å². The van der Waals surface area contributed by atoms with Gasteiger partial charge in [0, 0.05) is 37.9 Å². The number of aromatic nitrogens is 2. The van der Waals surface area contributed by atoms with Crippen molar-refractivity contribution in [3.05, 3.63) is 41.6 Å². The monoisotopic (exact) mass is 447 g/mol. The molecule has 3 rings (SSSR count). The minimum Gasteiger partial charge on any atom is -0.378 e. The number of morpholine rings is 1. The number of carbonyl (C=O) groups is 2. The van der Waals surface area contributed by atoms with E-state index < -0.39 is 21.8 Å². The molecule has 1 aromatic carbocycles. The predicted octanol–water partition coefficient (Wildman–Crippen LogP) is 0.187. The van der Waals surface area contributed by atoms with Crippen LogP contribution in [-0.2, 0) is 29.9 Å². The molecule has 1 aromatic heterocycles. The number of anilines is 1. The van der Waals surface area contributed by atoms with Gasteiger partial charge in [0.05, 0.1) is 24.7 Å². The number of hydrogen-bond donors (Lipinski definition) is 2. The molecule has 0 radical (unpaired) electrons. The highest BCUT2D eigenvalue weighted by Gasteiger charge is 2.20. The van der Waals surface area contributed by atoms with Crippen molar-refractivity contribution in [2.24, 2.45) is 5.73 Å². The number of nitrogens with two attached hydrogens (primary N) is 1. The van der Waals surface area contributed by atoms with Gasteiger partial charge in [-0.2, -0.15) is 0 Å². The van der Waals surface area contributed by atoms with E-state index in [1.807, 2.05) is 4.90 Å². The maximum atomic E-state index is 11.8. The predicted molar refractivity (Wildman–Crippen MR) is 115 cm³/mol. The van der Waals surface area contributed by atoms with Crippen LogP contribution in [0.25, 0.3) is 11.4 Å². The minimum atomic E-state index is -3.29. The summed E-state index contributed by atoms with van der Waals surface area (Å²) < 4.78 is 29.1. The largest absolute Gasteiger partial charge is 0.378 e. The molecule has 3 N–H and O–H groups in total. The molecule has 31 heavy (non-hydrogen) atoms. The van der Waals surface area contributed by atoms with Gasteiger partial charge in [0.15, 0.2) is 15.7 Å². The molecule has 2 heterocycles. The van der Waals surface area contributed by atoms with Crippen molar-refractivity contribution in [1.29, 1.82) is 0 Å². The molecule has 1 atom stereocenters. The molecule has 1 fully saturated rings. The maximum Gasteiger partial charge on any atom is 0.244 e. The quantitative estimate of drug-likeness (QED) is 0.612. The van der Waals surface area contributed by atoms with E-state index in [1.54, 1.807) is 30.3 Å². The molecule has 1 unspecified atom stereocenters. The number of hydrogen-bond acceptors (Lipinski definition) is 8. The average molecular weight is 448 g/mol. The smallest absolute Gasteiger partial charge is 0.244 e. The zero-order valence-electron chi connectivity index (χ0n) is 17.4. The number of sulfone groups is 1. The Hall–Kier alpha value is -3.05. The summed E-state index contributed by atoms with van der Waals surface area (Å²) in [6.07, 6.45) is 1.16. The minimum absolute atomic E-state index is 0.204. The number of nitrogens with zero attached hydrogens (tertiary/aromatic N) is 3. The van der Waals surface area contributed by atoms with Crippen LogP contribution in [0.15, 0.2) is 30.3 Å². The van der Waals surface area contributed by atoms with Crippen molar-refractivity contribution in [1.82, 2.24) is 15.3 Å². The molecule has 1 aliphatic heterocycles. The summed E-state index contributed by atoms with van der Waals surface area (Å²) in [4.78, 5) is 34.1. The number of benzene rings is 1. The van der Waals surface area contributed by atoms with Crippen LogP contribution in [0, 0.1) is 0 Å². The standard InChI is InChI=1S/C20H25N5O5S/c1-13(26)22-18(19(21)27)14-3-5-15(6-4-14)20-23-16(12-31(2,28)29)11-17(24-20)25-7-9-30-10-8-25/h3-6,11,18H,7-10,12H2,1-2H3,(H2,21,27)(H,22,26). The molecule has 2 amide bonds. The first kappa shape index (κ1) is 22.6. The molecule has 0 bridgehead atoms. The van der Waals surface area contributed by atoms with Gasteiger partial charge < -0.3 is 20.7 Å². The van der Waals surface area contributed by atoms with E-state index in [4.69, 9.17) is 10.5 Å². The van der Waals surface area contributed by atoms with E-state index in [0.717, 1.165) is 6.26 Å². The van der Waals surface area contributed by atoms with E-state index in [2.05, 4.69) is 15.3 Å². The fourth-order valence-electron chi connectivity index (χ4n) is 3.26. The number of amides is 2. The van der Waals surface area contributed by atoms with Crippen LogP contribution >= 0.6 is 0 Å². The Balaban J connectivity index is 1.97. The second-order valence-electron chi connectivity index (χ2n) is 7.37. The lowest BCUT2D eigenvalue weighted by Gasteiger charge is -2.28. The Morgan fingerprint density at radius 1 is 1.19 bits per heavy atom. The molecule has 1 saturated heterocycles. The second kappa shape index (κ2) is 9.40. The first-order chi connectivity index (χ1) is 14.6. The van der Waals surface area contributed by atoms with Gasteiger partial charge in [-0.3, -0.25) is 9.59 Å². The molecule has 0 aliphatic carbocycles. The third-order valence-electron chi connectivity index (χ3n) is 4.65. The SMILES string of the molecule is CC(=O)NC(C(N)=O)c1ccc(-c2nc(CS(C)(=O)=O)cc(N3CCOCC3)n2)cc1. The summed E-state index contributed by atoms with van der Waals surface area (Å²) in [6.45, 7) is 3.72. The first-order valence-corrected chi connectivity index (χ1v) is 11.7. The third-order valence-corrected chi connectivity index (χ3v) is 5.47. The van der Waals surface area contributed by atoms with Crippen LogP contribution in [-0.4, -0.2) is 62.8 Å². The summed E-state index contributed by atoms with van der Waals surface area (Å²) in [7, 11) is -3.29. The van der Waals surface area contributed by atoms with E-state index in [0.29, 0.717) is 54.8 Å². The van der Waals surface area contributed by atoms with Gasteiger partial charge >= 0.3 is 0 Å². The fourth-order valence-corrected chi connectivity index (χ4v) is 3.94. The number of carbonyl (C=O) groups excluding carboxylic acids is 2. The van der Waals surface area contributed by atoms with Gasteiger partial charge in [-0.25, -0.2) is 18.4 Å². The number of primary amides is 1. The zero-order valence-corrected chi connectivity index (χ0v) is 18.2. The summed E-state index contributed by atoms with van der Waals surface area (Å²) in [5.41, 5.74) is 6.95. The van der Waals surface area contributed by atoms with E-state index in [-0.39, 0.29) is 11.7 Å². The Bertz CT molecular complexity index is 1070. The number of nitrogens with one attached hydrogen (secondary N) is 1. The summed E-state index contributed by atoms with van der Waals surface area (Å²) >= 11 is 0. The van der Waals surface area contributed by atoms with Crippen LogP contribution in [0.4, 0.5) is 5.82 Å². The van der Waals surface area contributed by atoms with E-state index in [9.17, 15) is 18.0 Å². The summed E-state index contributed by atoms with van der Waals surface area (Å²) in [6, 6.07) is 7.45. The lowest BCUT2D eigenvalue weighted by molar-refractivity contribution is -0.126. The molecule has 2 aromatic rings. The molecule has 11 heteroatoms. The van der Waals surface area contributed by atoms with Gasteiger partial charge in [-0.1, -0.05) is 24.3 Å². The van der Waals surface area contributed by atoms with Crippen molar-refractivity contribution >= 4 is 27.5 Å². The topological polar surface area (TPSA) is 145 Å². The number of ether oxygens (including phenoxy) is 1. The lowest BCUT2D eigenvalue weighted by Crippen LogP contribution is -2.37. The molecular formula is C20H25N5O5S. The molecule has 0 saturated carbocycles. The van der Waals surface area contributed by atoms with Gasteiger partial charge in [0.25, 0.3) is 0 Å². The van der Waals surface area contributed by atoms with Crippen molar-refractivity contribution < 1.29 is 22.7 Å². The zero-order chi connectivity index (χ0) is 22.6. The van der Waals surface area contributed by atoms with Crippen molar-refractivity contribution in [2.75, 3.05) is 37.5 Å². The Kier molecular flexibility index (Phi) is 6.86. The molecule has 166 valence electrons. The van der Waals surface area contributed by atoms with Gasteiger partial charge in [-0.15, -0.1) is 0 Å². The van der Waals surface area contributed by atoms with Gasteiger partial charge in [0.1, 0.15) is 11.9 Å². The normalized spacial score (nSPS) is 15.4. The summed E-state index contributed by atoms with van der Waals surface area (Å²) in [5, 5.41) is 2.51. The maximum absolute atomic E-state index is 11.8. The second-order valence-corrected chi connectivity index (χ2v) is 9.51. The highest BCUT2D eigenvalue weighted by molar-refractivity contribution is 7.89. The van der Waals surface area contributed by atoms with E-state index >= 15 is 0 Å². The van der Waals surface area contributed by atoms with E-state index in [1.165, 1.54) is 6.92 Å². The fraction of sp³-hybridized carbons (Fsp3) is 0.400. The van der Waals surface area contributed by atoms with Gasteiger partial charge in [-0.05, 0) is 5.56 Å². The van der Waals surface area contributed by atoms with Crippen LogP contribution in [0.5, 0.6) is 0 Å². The lowest BCUT2D eigenvalue weighted by atomic mass is 10.0. The van der Waals surface area contributed by atoms with Crippen molar-refractivity contribution in [3.63, 3.8) is 0 Å². The van der Waals surface area contributed by atoms with Crippen LogP contribution in [0.3, 0.4) is 0 Å². The number of rotatable bonds is 7. The third kappa shape index (κ3) is 6.22. The average Bonchev–Trinajstić information content (AvgIpc) is 2.71. The van der Waals surface area contributed by atoms with Crippen molar-refractivity contribution in [2.45, 2.75) is 18.7 Å². The molecule has 10 nitrogen and oxygen atoms in total. The molecule has 1 aliphatic rings. The highest BCUT2D eigenvalue weighted by atomic mass is 32.2. The summed E-state index contributed by atoms with van der Waals surface area (Å²) in [5.74, 6) is -0.262. The highest BCUT2D eigenvalue weighted by Crippen LogP contribution is 2.24. The first-order valence-electron chi connectivity index (χ1n) is 9.67. The Morgan fingerprint density at radius 3 is 2.39 bits per heavy atom. The van der Waals surface area contributed by atoms with Crippen LogP contribution in [0.2, 0.25) is 0 Å². The van der Waals surface area contributed by atoms with Gasteiger partial charge in [0.2, 0.25) is 11.8 Å². The molecular weight excluding hydrogens is 422 g/mol.